The fourth-order valence-corrected chi connectivity index (χ4v) is 4.12. The summed E-state index contributed by atoms with van der Waals surface area (Å²) in [6.45, 7) is 4.31. The predicted molar refractivity (Wildman–Crippen MR) is 135 cm³/mol. The molecule has 2 aliphatic heterocycles. The standard InChI is InChI=1S/C26H28F3N7/c1-25(2,16-30)17-7-9-18(10-8-17)32-22-19-11-14-36(15-12-21(19)33-24(34-22)35(3)4)23-20(26(27,28)29)6-5-13-31-23/h5-11,13,22,32H,12,14-15H2,1-4H3. The minimum absolute atomic E-state index is 0.0879. The van der Waals surface area contributed by atoms with Gasteiger partial charge >= 0.3 is 6.18 Å². The molecular formula is C26H28F3N7. The van der Waals surface area contributed by atoms with Crippen LogP contribution >= 0.6 is 0 Å². The van der Waals surface area contributed by atoms with Crippen molar-refractivity contribution in [3.05, 3.63) is 65.4 Å². The van der Waals surface area contributed by atoms with Crippen LogP contribution in [0.5, 0.6) is 0 Å². The molecule has 1 aromatic heterocycles. The largest absolute Gasteiger partial charge is 0.419 e. The van der Waals surface area contributed by atoms with Crippen LogP contribution in [0.4, 0.5) is 24.7 Å². The van der Waals surface area contributed by atoms with Gasteiger partial charge < -0.3 is 15.1 Å². The number of alkyl halides is 3. The highest BCUT2D eigenvalue weighted by Gasteiger charge is 2.36. The van der Waals surface area contributed by atoms with Gasteiger partial charge in [-0.2, -0.15) is 18.4 Å². The summed E-state index contributed by atoms with van der Waals surface area (Å²) in [5.41, 5.74) is 1.96. The summed E-state index contributed by atoms with van der Waals surface area (Å²) in [4.78, 5) is 16.9. The van der Waals surface area contributed by atoms with E-state index in [1.54, 1.807) is 9.80 Å². The Labute approximate surface area is 208 Å². The fraction of sp³-hybridized carbons (Fsp3) is 0.385. The second-order valence-electron chi connectivity index (χ2n) is 9.47. The summed E-state index contributed by atoms with van der Waals surface area (Å²) in [5, 5.41) is 12.8. The maximum absolute atomic E-state index is 13.6. The maximum Gasteiger partial charge on any atom is 0.419 e. The number of hydrogen-bond donors (Lipinski definition) is 1. The number of nitrogens with one attached hydrogen (secondary N) is 1. The molecule has 1 unspecified atom stereocenters. The third-order valence-corrected chi connectivity index (χ3v) is 6.24. The first-order chi connectivity index (χ1) is 17.0. The Hall–Kier alpha value is -3.87. The number of hydrogen-bond acceptors (Lipinski definition) is 7. The van der Waals surface area contributed by atoms with Crippen LogP contribution in [0.2, 0.25) is 0 Å². The topological polar surface area (TPSA) is 79.9 Å². The molecule has 1 atom stereocenters. The first-order valence-electron chi connectivity index (χ1n) is 11.6. The monoisotopic (exact) mass is 495 g/mol. The summed E-state index contributed by atoms with van der Waals surface area (Å²) in [6.07, 6.45) is -1.26. The predicted octanol–water partition coefficient (Wildman–Crippen LogP) is 4.85. The van der Waals surface area contributed by atoms with E-state index in [1.807, 2.05) is 58.3 Å². The molecule has 36 heavy (non-hydrogen) atoms. The molecule has 2 aromatic rings. The second-order valence-corrected chi connectivity index (χ2v) is 9.47. The van der Waals surface area contributed by atoms with Crippen molar-refractivity contribution in [2.24, 2.45) is 9.98 Å². The van der Waals surface area contributed by atoms with Crippen LogP contribution in [0.25, 0.3) is 0 Å². The summed E-state index contributed by atoms with van der Waals surface area (Å²) in [7, 11) is 3.69. The smallest absolute Gasteiger partial charge is 0.360 e. The number of nitrogens with zero attached hydrogens (tertiary/aromatic N) is 6. The van der Waals surface area contributed by atoms with Crippen molar-refractivity contribution in [3.8, 4) is 6.07 Å². The van der Waals surface area contributed by atoms with E-state index in [0.29, 0.717) is 18.9 Å². The molecule has 0 saturated carbocycles. The maximum atomic E-state index is 13.6. The molecule has 4 rings (SSSR count). The van der Waals surface area contributed by atoms with Crippen LogP contribution in [0.1, 0.15) is 31.4 Å². The van der Waals surface area contributed by atoms with E-state index in [4.69, 9.17) is 9.98 Å². The molecule has 0 spiro atoms. The van der Waals surface area contributed by atoms with Crippen molar-refractivity contribution in [1.29, 1.82) is 5.26 Å². The first-order valence-corrected chi connectivity index (χ1v) is 11.6. The molecule has 0 saturated heterocycles. The number of anilines is 2. The Morgan fingerprint density at radius 1 is 1.14 bits per heavy atom. The number of nitriles is 1. The highest BCUT2D eigenvalue weighted by Crippen LogP contribution is 2.36. The van der Waals surface area contributed by atoms with Crippen LogP contribution in [-0.2, 0) is 11.6 Å². The molecule has 188 valence electrons. The summed E-state index contributed by atoms with van der Waals surface area (Å²) < 4.78 is 40.8. The van der Waals surface area contributed by atoms with Gasteiger partial charge in [0.25, 0.3) is 0 Å². The molecule has 10 heteroatoms. The molecule has 7 nitrogen and oxygen atoms in total. The van der Waals surface area contributed by atoms with Gasteiger partial charge in [0.2, 0.25) is 5.96 Å². The van der Waals surface area contributed by atoms with Gasteiger partial charge in [-0.25, -0.2) is 15.0 Å². The van der Waals surface area contributed by atoms with Gasteiger partial charge in [-0.3, -0.25) is 0 Å². The first kappa shape index (κ1) is 25.2. The zero-order chi connectivity index (χ0) is 26.1. The van der Waals surface area contributed by atoms with Crippen molar-refractivity contribution >= 4 is 23.2 Å². The molecule has 1 aromatic carbocycles. The Kier molecular flexibility index (Phi) is 6.76. The average Bonchev–Trinajstić information content (AvgIpc) is 3.07. The lowest BCUT2D eigenvalue weighted by Gasteiger charge is -2.27. The van der Waals surface area contributed by atoms with Crippen LogP contribution in [0.3, 0.4) is 0 Å². The Morgan fingerprint density at radius 2 is 1.86 bits per heavy atom. The lowest BCUT2D eigenvalue weighted by Crippen LogP contribution is -2.35. The highest BCUT2D eigenvalue weighted by molar-refractivity contribution is 6.10. The van der Waals surface area contributed by atoms with Crippen molar-refractivity contribution in [2.75, 3.05) is 37.4 Å². The van der Waals surface area contributed by atoms with E-state index in [2.05, 4.69) is 16.4 Å². The Bertz CT molecular complexity index is 1250. The fourth-order valence-electron chi connectivity index (χ4n) is 4.12. The van der Waals surface area contributed by atoms with Crippen molar-refractivity contribution in [2.45, 2.75) is 38.0 Å². The normalized spacial score (nSPS) is 18.2. The zero-order valence-corrected chi connectivity index (χ0v) is 20.6. The number of aliphatic imine (C=N–C) groups is 2. The number of halogens is 3. The van der Waals surface area contributed by atoms with E-state index < -0.39 is 23.3 Å². The van der Waals surface area contributed by atoms with Crippen LogP contribution in [-0.4, -0.2) is 54.9 Å². The van der Waals surface area contributed by atoms with Gasteiger partial charge in [-0.15, -0.1) is 0 Å². The van der Waals surface area contributed by atoms with Crippen molar-refractivity contribution in [3.63, 3.8) is 0 Å². The zero-order valence-electron chi connectivity index (χ0n) is 20.6. The molecular weight excluding hydrogens is 467 g/mol. The molecule has 0 bridgehead atoms. The van der Waals surface area contributed by atoms with Gasteiger partial charge in [0.15, 0.2) is 0 Å². The number of aromatic nitrogens is 1. The van der Waals surface area contributed by atoms with Gasteiger partial charge in [0.05, 0.1) is 22.8 Å². The van der Waals surface area contributed by atoms with Crippen LogP contribution in [0, 0.1) is 11.3 Å². The van der Waals surface area contributed by atoms with Gasteiger partial charge in [-0.1, -0.05) is 18.2 Å². The molecule has 2 aliphatic rings. The third kappa shape index (κ3) is 5.20. The lowest BCUT2D eigenvalue weighted by molar-refractivity contribution is -0.137. The number of benzene rings is 1. The number of guanidine groups is 1. The van der Waals surface area contributed by atoms with E-state index >= 15 is 0 Å². The number of fused-ring (bicyclic) bond motifs is 1. The van der Waals surface area contributed by atoms with E-state index in [9.17, 15) is 18.4 Å². The van der Waals surface area contributed by atoms with Crippen LogP contribution < -0.4 is 10.2 Å². The average molecular weight is 496 g/mol. The van der Waals surface area contributed by atoms with E-state index in [-0.39, 0.29) is 12.4 Å². The Morgan fingerprint density at radius 3 is 2.50 bits per heavy atom. The van der Waals surface area contributed by atoms with Gasteiger partial charge in [-0.05, 0) is 43.7 Å². The molecule has 0 amide bonds. The lowest BCUT2D eigenvalue weighted by atomic mass is 9.86. The summed E-state index contributed by atoms with van der Waals surface area (Å²) in [6, 6.07) is 12.3. The molecule has 1 N–H and O–H groups in total. The van der Waals surface area contributed by atoms with Crippen molar-refractivity contribution < 1.29 is 13.2 Å². The Balaban J connectivity index is 1.64. The quantitative estimate of drug-likeness (QED) is 0.656. The van der Waals surface area contributed by atoms with Gasteiger partial charge in [0, 0.05) is 51.1 Å². The third-order valence-electron chi connectivity index (χ3n) is 6.24. The molecule has 3 heterocycles. The summed E-state index contributed by atoms with van der Waals surface area (Å²) in [5.74, 6) is 0.444. The van der Waals surface area contributed by atoms with E-state index in [0.717, 1.165) is 28.6 Å². The van der Waals surface area contributed by atoms with Crippen molar-refractivity contribution in [1.82, 2.24) is 9.88 Å². The minimum Gasteiger partial charge on any atom is -0.360 e. The van der Waals surface area contributed by atoms with Gasteiger partial charge in [0.1, 0.15) is 12.0 Å². The molecule has 0 aliphatic carbocycles. The SMILES string of the molecule is CN(C)C1=NC(Nc2ccc(C(C)(C)C#N)cc2)C2=CCN(c3ncccc3C(F)(F)F)CCC2=N1. The second kappa shape index (κ2) is 9.64. The highest BCUT2D eigenvalue weighted by atomic mass is 19.4. The number of pyridine rings is 1. The van der Waals surface area contributed by atoms with Crippen LogP contribution in [0.15, 0.2) is 64.2 Å². The van der Waals surface area contributed by atoms with E-state index in [1.165, 1.54) is 12.3 Å². The molecule has 0 fully saturated rings. The minimum atomic E-state index is -4.50. The number of rotatable bonds is 4. The summed E-state index contributed by atoms with van der Waals surface area (Å²) >= 11 is 0. The molecule has 0 radical (unpaired) electrons.